The van der Waals surface area contributed by atoms with Crippen molar-refractivity contribution in [2.75, 3.05) is 0 Å². The maximum atomic E-state index is 13.4. The lowest BCUT2D eigenvalue weighted by Crippen LogP contribution is -2.72. The molecule has 0 saturated carbocycles. The molecule has 0 radical (unpaired) electrons. The fourth-order valence-electron chi connectivity index (χ4n) is 1.72. The zero-order valence-electron chi connectivity index (χ0n) is 14.6. The summed E-state index contributed by atoms with van der Waals surface area (Å²) in [4.78, 5) is 1.04. The molecule has 0 spiro atoms. The van der Waals surface area contributed by atoms with E-state index < -0.39 is 56.9 Å². The first kappa shape index (κ1) is 29.1. The van der Waals surface area contributed by atoms with E-state index in [0.717, 1.165) is 18.2 Å². The van der Waals surface area contributed by atoms with Gasteiger partial charge >= 0.3 is 52.0 Å². The standard InChI is InChI=1S/C13H5F15O4S/c14-7(15,8(16,17)10(20,21)12(24,25)26)9(18,19)11(22,23)13(27,28)31-32-33(29,30)6-4-2-1-3-5-6/h1-5H. The minimum absolute atomic E-state index is 0.511. The van der Waals surface area contributed by atoms with E-state index in [2.05, 4.69) is 9.22 Å². The van der Waals surface area contributed by atoms with Gasteiger partial charge in [-0.15, -0.1) is 4.89 Å². The van der Waals surface area contributed by atoms with Gasteiger partial charge in [0.25, 0.3) is 0 Å². The van der Waals surface area contributed by atoms with Crippen LogP contribution >= 0.6 is 0 Å². The first-order chi connectivity index (χ1) is 14.3. The number of hydrogen-bond acceptors (Lipinski definition) is 4. The number of benzene rings is 1. The van der Waals surface area contributed by atoms with Gasteiger partial charge in [0.1, 0.15) is 0 Å². The van der Waals surface area contributed by atoms with E-state index in [4.69, 9.17) is 0 Å². The van der Waals surface area contributed by atoms with Gasteiger partial charge < -0.3 is 0 Å². The molecule has 0 aromatic heterocycles. The van der Waals surface area contributed by atoms with Crippen molar-refractivity contribution < 1.29 is 83.5 Å². The summed E-state index contributed by atoms with van der Waals surface area (Å²) in [5.41, 5.74) is 0. The molecule has 20 heteroatoms. The zero-order valence-corrected chi connectivity index (χ0v) is 15.4. The molecular weight excluding hydrogens is 537 g/mol. The van der Waals surface area contributed by atoms with Gasteiger partial charge in [0.15, 0.2) is 0 Å². The van der Waals surface area contributed by atoms with Gasteiger partial charge in [-0.1, -0.05) is 22.5 Å². The molecular formula is C13H5F15O4S. The molecule has 192 valence electrons. The molecule has 0 unspecified atom stereocenters. The normalized spacial score (nSPS) is 15.6. The Kier molecular flexibility index (Phi) is 7.11. The zero-order chi connectivity index (χ0) is 26.5. The average molecular weight is 542 g/mol. The van der Waals surface area contributed by atoms with Crippen LogP contribution in [0.25, 0.3) is 0 Å². The molecule has 0 saturated heterocycles. The number of halogens is 15. The Balaban J connectivity index is 3.40. The topological polar surface area (TPSA) is 52.6 Å². The third-order valence-corrected chi connectivity index (χ3v) is 4.66. The fourth-order valence-corrected chi connectivity index (χ4v) is 2.46. The lowest BCUT2D eigenvalue weighted by atomic mass is 9.93. The van der Waals surface area contributed by atoms with E-state index in [-0.39, 0.29) is 0 Å². The summed E-state index contributed by atoms with van der Waals surface area (Å²) in [5.74, 6) is -41.6. The molecule has 0 bridgehead atoms. The first-order valence-electron chi connectivity index (χ1n) is 7.32. The highest BCUT2D eigenvalue weighted by Gasteiger charge is 2.94. The largest absolute Gasteiger partial charge is 0.460 e. The van der Waals surface area contributed by atoms with Crippen LogP contribution in [0.5, 0.6) is 0 Å². The summed E-state index contributed by atoms with van der Waals surface area (Å²) in [6.45, 7) is 0. The maximum Gasteiger partial charge on any atom is 0.460 e. The van der Waals surface area contributed by atoms with Crippen LogP contribution in [-0.4, -0.2) is 50.3 Å². The van der Waals surface area contributed by atoms with Gasteiger partial charge in [-0.2, -0.15) is 74.3 Å². The van der Waals surface area contributed by atoms with Crippen LogP contribution in [0, 0.1) is 0 Å². The molecule has 1 aromatic carbocycles. The Labute approximate surface area is 171 Å². The van der Waals surface area contributed by atoms with Gasteiger partial charge in [-0.05, 0) is 12.1 Å². The fraction of sp³-hybridized carbons (Fsp3) is 0.538. The molecule has 4 nitrogen and oxygen atoms in total. The second-order valence-electron chi connectivity index (χ2n) is 5.81. The minimum atomic E-state index is -8.53. The number of rotatable bonds is 9. The second-order valence-corrected chi connectivity index (χ2v) is 7.32. The van der Waals surface area contributed by atoms with Crippen molar-refractivity contribution in [3.05, 3.63) is 30.3 Å². The highest BCUT2D eigenvalue weighted by atomic mass is 32.2. The van der Waals surface area contributed by atoms with E-state index in [1.165, 1.54) is 0 Å². The molecule has 0 aliphatic heterocycles. The van der Waals surface area contributed by atoms with Gasteiger partial charge in [-0.25, -0.2) is 0 Å². The maximum absolute atomic E-state index is 13.4. The molecule has 0 atom stereocenters. The van der Waals surface area contributed by atoms with E-state index in [0.29, 0.717) is 12.1 Å². The lowest BCUT2D eigenvalue weighted by Gasteiger charge is -2.40. The molecule has 0 aliphatic carbocycles. The van der Waals surface area contributed by atoms with E-state index >= 15 is 0 Å². The van der Waals surface area contributed by atoms with E-state index in [1.54, 1.807) is 0 Å². The Morgan fingerprint density at radius 3 is 1.30 bits per heavy atom. The molecule has 1 rings (SSSR count). The van der Waals surface area contributed by atoms with Crippen LogP contribution in [0.1, 0.15) is 0 Å². The molecule has 1 aromatic rings. The smallest absolute Gasteiger partial charge is 0.192 e. The predicted molar refractivity (Wildman–Crippen MR) is 71.5 cm³/mol. The van der Waals surface area contributed by atoms with Crippen molar-refractivity contribution >= 4 is 10.1 Å². The number of alkyl halides is 15. The van der Waals surface area contributed by atoms with Crippen molar-refractivity contribution in [1.82, 2.24) is 0 Å². The van der Waals surface area contributed by atoms with Crippen molar-refractivity contribution in [2.24, 2.45) is 0 Å². The first-order valence-corrected chi connectivity index (χ1v) is 8.73. The van der Waals surface area contributed by atoms with Crippen molar-refractivity contribution in [1.29, 1.82) is 0 Å². The van der Waals surface area contributed by atoms with Gasteiger partial charge in [0.2, 0.25) is 0 Å². The highest BCUT2D eigenvalue weighted by Crippen LogP contribution is 2.62. The molecule has 33 heavy (non-hydrogen) atoms. The van der Waals surface area contributed by atoms with Crippen molar-refractivity contribution in [2.45, 2.75) is 46.8 Å². The average Bonchev–Trinajstić information content (AvgIpc) is 2.65. The molecule has 0 aliphatic rings. The third-order valence-electron chi connectivity index (χ3n) is 3.56. The molecule has 0 amide bonds. The summed E-state index contributed by atoms with van der Waals surface area (Å²) >= 11 is 0. The molecule has 0 fully saturated rings. The van der Waals surface area contributed by atoms with Crippen LogP contribution < -0.4 is 0 Å². The van der Waals surface area contributed by atoms with Crippen molar-refractivity contribution in [3.63, 3.8) is 0 Å². The second kappa shape index (κ2) is 8.07. The summed E-state index contributed by atoms with van der Waals surface area (Å²) in [7, 11) is -5.69. The van der Waals surface area contributed by atoms with Gasteiger partial charge in [0, 0.05) is 0 Å². The third kappa shape index (κ3) is 4.43. The monoisotopic (exact) mass is 542 g/mol. The quantitative estimate of drug-likeness (QED) is 0.230. The van der Waals surface area contributed by atoms with E-state index in [1.807, 2.05) is 0 Å². The van der Waals surface area contributed by atoms with Crippen LogP contribution in [0.15, 0.2) is 35.2 Å². The summed E-state index contributed by atoms with van der Waals surface area (Å²) in [6, 6.07) is 3.85. The lowest BCUT2D eigenvalue weighted by molar-refractivity contribution is -0.505. The summed E-state index contributed by atoms with van der Waals surface area (Å²) in [5, 5.41) is 0. The minimum Gasteiger partial charge on any atom is -0.192 e. The van der Waals surface area contributed by atoms with Crippen LogP contribution in [0.4, 0.5) is 65.9 Å². The molecule has 0 N–H and O–H groups in total. The van der Waals surface area contributed by atoms with Crippen molar-refractivity contribution in [3.8, 4) is 0 Å². The van der Waals surface area contributed by atoms with Gasteiger partial charge in [-0.3, -0.25) is 0 Å². The van der Waals surface area contributed by atoms with Crippen LogP contribution in [-0.2, 0) is 19.3 Å². The summed E-state index contributed by atoms with van der Waals surface area (Å²) in [6.07, 6.45) is -15.1. The Bertz CT molecular complexity index is 940. The predicted octanol–water partition coefficient (Wildman–Crippen LogP) is 5.66. The number of hydrogen-bond donors (Lipinski definition) is 0. The van der Waals surface area contributed by atoms with E-state index in [9.17, 15) is 74.3 Å². The Hall–Kier alpha value is -1.96. The Morgan fingerprint density at radius 2 is 0.909 bits per heavy atom. The SMILES string of the molecule is O=S(=O)(OOC(F)(F)C(F)(F)C(F)(F)C(F)(F)C(F)(F)C(F)(F)C(F)(F)F)c1ccccc1. The molecule has 0 heterocycles. The Morgan fingerprint density at radius 1 is 0.545 bits per heavy atom. The summed E-state index contributed by atoms with van der Waals surface area (Å²) < 4.78 is 220. The van der Waals surface area contributed by atoms with Gasteiger partial charge in [0.05, 0.1) is 4.90 Å². The van der Waals surface area contributed by atoms with Crippen LogP contribution in [0.3, 0.4) is 0 Å². The van der Waals surface area contributed by atoms with Crippen LogP contribution in [0.2, 0.25) is 0 Å². The highest BCUT2D eigenvalue weighted by molar-refractivity contribution is 7.86.